The van der Waals surface area contributed by atoms with Crippen LogP contribution in [0.15, 0.2) is 122 Å². The predicted octanol–water partition coefficient (Wildman–Crippen LogP) is 5.85. The van der Waals surface area contributed by atoms with Crippen molar-refractivity contribution in [1.82, 2.24) is 19.5 Å². The fourth-order valence-corrected chi connectivity index (χ4v) is 8.63. The standard InChI is InChI=1S/C39H35N5O6S/c1-47-29-17-13-27(14-18-29)39(26-11-7-4-8-12-26,28-15-19-30(48-2)20-16-28)51-22-38-21-49-32(33(38)45)37(50-38)44-24-42-31-34(40-23-41-35(31)44)43-36(46)25-9-5-3-6-10-25/h3-20,23-24,32-33,37,45H,21-22H2,1-2H3,(H,40,41,43,46)/t32?,33?,37-,38-/m1/s1. The van der Waals surface area contributed by atoms with Crippen molar-refractivity contribution in [2.75, 3.05) is 31.9 Å². The normalized spacial score (nSPS) is 21.1. The second-order valence-electron chi connectivity index (χ2n) is 12.5. The number of hydrogen-bond donors (Lipinski definition) is 2. The Kier molecular flexibility index (Phi) is 8.68. The van der Waals surface area contributed by atoms with Gasteiger partial charge in [-0.1, -0.05) is 72.8 Å². The van der Waals surface area contributed by atoms with Gasteiger partial charge in [0.1, 0.15) is 35.6 Å². The first-order chi connectivity index (χ1) is 25.0. The van der Waals surface area contributed by atoms with Gasteiger partial charge in [0.05, 0.1) is 31.9 Å². The molecule has 2 aliphatic heterocycles. The predicted molar refractivity (Wildman–Crippen MR) is 193 cm³/mol. The second-order valence-corrected chi connectivity index (χ2v) is 13.6. The Morgan fingerprint density at radius 3 is 2.12 bits per heavy atom. The van der Waals surface area contributed by atoms with Gasteiger partial charge in [-0.3, -0.25) is 9.36 Å². The molecule has 2 aromatic heterocycles. The van der Waals surface area contributed by atoms with Crippen LogP contribution in [0.2, 0.25) is 0 Å². The molecule has 4 atom stereocenters. The van der Waals surface area contributed by atoms with Crippen molar-refractivity contribution < 1.29 is 28.8 Å². The lowest BCUT2D eigenvalue weighted by Crippen LogP contribution is -2.44. The van der Waals surface area contributed by atoms with Crippen molar-refractivity contribution in [2.24, 2.45) is 0 Å². The highest BCUT2D eigenvalue weighted by molar-refractivity contribution is 8.00. The molecular formula is C39H35N5O6S. The average molecular weight is 702 g/mol. The van der Waals surface area contributed by atoms with Gasteiger partial charge in [-0.25, -0.2) is 15.0 Å². The van der Waals surface area contributed by atoms with E-state index in [0.717, 1.165) is 28.2 Å². The Morgan fingerprint density at radius 2 is 1.49 bits per heavy atom. The summed E-state index contributed by atoms with van der Waals surface area (Å²) < 4.78 is 25.1. The Labute approximate surface area is 298 Å². The summed E-state index contributed by atoms with van der Waals surface area (Å²) in [5.74, 6) is 1.85. The molecule has 4 aromatic carbocycles. The molecule has 6 aromatic rings. The number of aromatic nitrogens is 4. The summed E-state index contributed by atoms with van der Waals surface area (Å²) in [6.45, 7) is 0.207. The number of nitrogens with one attached hydrogen (secondary N) is 1. The van der Waals surface area contributed by atoms with Crippen LogP contribution in [-0.4, -0.2) is 74.9 Å². The van der Waals surface area contributed by atoms with E-state index < -0.39 is 28.8 Å². The lowest BCUT2D eigenvalue weighted by atomic mass is 9.84. The minimum absolute atomic E-state index is 0.207. The second kappa shape index (κ2) is 13.5. The van der Waals surface area contributed by atoms with Crippen LogP contribution >= 0.6 is 11.8 Å². The Morgan fingerprint density at radius 1 is 0.882 bits per heavy atom. The van der Waals surface area contributed by atoms with Gasteiger partial charge in [0, 0.05) is 11.3 Å². The van der Waals surface area contributed by atoms with Crippen molar-refractivity contribution in [3.8, 4) is 11.5 Å². The molecule has 0 saturated carbocycles. The number of aliphatic hydroxyl groups is 1. The zero-order chi connectivity index (χ0) is 35.0. The third-order valence-corrected chi connectivity index (χ3v) is 11.4. The molecule has 2 aliphatic rings. The third-order valence-electron chi connectivity index (χ3n) is 9.61. The monoisotopic (exact) mass is 701 g/mol. The summed E-state index contributed by atoms with van der Waals surface area (Å²) >= 11 is 1.67. The maximum Gasteiger partial charge on any atom is 0.256 e. The number of amides is 1. The van der Waals surface area contributed by atoms with Crippen molar-refractivity contribution >= 4 is 34.7 Å². The van der Waals surface area contributed by atoms with Gasteiger partial charge < -0.3 is 29.4 Å². The topological polar surface area (TPSA) is 130 Å². The summed E-state index contributed by atoms with van der Waals surface area (Å²) in [6.07, 6.45) is 0.623. The summed E-state index contributed by atoms with van der Waals surface area (Å²) in [5.41, 5.74) is 3.40. The van der Waals surface area contributed by atoms with Crippen molar-refractivity contribution in [3.63, 3.8) is 0 Å². The highest BCUT2D eigenvalue weighted by Gasteiger charge is 2.62. The highest BCUT2D eigenvalue weighted by Crippen LogP contribution is 2.54. The maximum absolute atomic E-state index is 12.9. The molecule has 258 valence electrons. The molecule has 2 saturated heterocycles. The quantitative estimate of drug-likeness (QED) is 0.159. The Balaban J connectivity index is 1.14. The van der Waals surface area contributed by atoms with Gasteiger partial charge in [0.2, 0.25) is 0 Å². The first-order valence-corrected chi connectivity index (χ1v) is 17.4. The Hall–Kier alpha value is -5.27. The number of imidazole rings is 1. The lowest BCUT2D eigenvalue weighted by molar-refractivity contribution is -0.162. The van der Waals surface area contributed by atoms with E-state index in [1.165, 1.54) is 6.33 Å². The molecule has 2 N–H and O–H groups in total. The van der Waals surface area contributed by atoms with Crippen LogP contribution in [0.5, 0.6) is 11.5 Å². The number of hydrogen-bond acceptors (Lipinski definition) is 10. The maximum atomic E-state index is 12.9. The van der Waals surface area contributed by atoms with Crippen LogP contribution in [0.4, 0.5) is 5.82 Å². The number of anilines is 1. The number of ether oxygens (including phenoxy) is 4. The molecule has 2 unspecified atom stereocenters. The van der Waals surface area contributed by atoms with Gasteiger partial charge in [-0.2, -0.15) is 0 Å². The Bertz CT molecular complexity index is 2100. The first kappa shape index (κ1) is 32.9. The zero-order valence-electron chi connectivity index (χ0n) is 27.9. The van der Waals surface area contributed by atoms with E-state index in [1.54, 1.807) is 61.1 Å². The van der Waals surface area contributed by atoms with E-state index in [4.69, 9.17) is 18.9 Å². The fourth-order valence-electron chi connectivity index (χ4n) is 6.94. The molecule has 4 heterocycles. The van der Waals surface area contributed by atoms with Crippen LogP contribution in [0.3, 0.4) is 0 Å². The van der Waals surface area contributed by atoms with E-state index >= 15 is 0 Å². The average Bonchev–Trinajstić information content (AvgIpc) is 3.85. The van der Waals surface area contributed by atoms with E-state index in [1.807, 2.05) is 48.5 Å². The van der Waals surface area contributed by atoms with Gasteiger partial charge in [-0.15, -0.1) is 11.8 Å². The summed E-state index contributed by atoms with van der Waals surface area (Å²) in [4.78, 5) is 26.3. The SMILES string of the molecule is COc1ccc(C(SC[C@]23COC(C2O)[C@H](n2cnc4c(NC(=O)c5ccccc5)ncnc42)O3)(c2ccccc2)c2ccc(OC)cc2)cc1. The zero-order valence-corrected chi connectivity index (χ0v) is 28.7. The molecular weight excluding hydrogens is 667 g/mol. The largest absolute Gasteiger partial charge is 0.497 e. The van der Waals surface area contributed by atoms with Gasteiger partial charge in [-0.05, 0) is 53.1 Å². The summed E-state index contributed by atoms with van der Waals surface area (Å²) in [7, 11) is 3.30. The summed E-state index contributed by atoms with van der Waals surface area (Å²) in [5, 5.41) is 14.7. The van der Waals surface area contributed by atoms with Crippen LogP contribution in [0.25, 0.3) is 11.2 Å². The highest BCUT2D eigenvalue weighted by atomic mass is 32.2. The summed E-state index contributed by atoms with van der Waals surface area (Å²) in [6, 6.07) is 35.3. The van der Waals surface area contributed by atoms with Crippen molar-refractivity contribution in [2.45, 2.75) is 28.8 Å². The number of rotatable bonds is 11. The van der Waals surface area contributed by atoms with Gasteiger partial charge in [0.15, 0.2) is 23.2 Å². The van der Waals surface area contributed by atoms with Crippen LogP contribution in [0.1, 0.15) is 33.3 Å². The van der Waals surface area contributed by atoms with E-state index in [-0.39, 0.29) is 18.3 Å². The van der Waals surface area contributed by atoms with Gasteiger partial charge >= 0.3 is 0 Å². The molecule has 1 amide bonds. The number of fused-ring (bicyclic) bond motifs is 3. The van der Waals surface area contributed by atoms with E-state index in [0.29, 0.717) is 22.5 Å². The number of nitrogens with zero attached hydrogens (tertiary/aromatic N) is 4. The van der Waals surface area contributed by atoms with Crippen molar-refractivity contribution in [1.29, 1.82) is 0 Å². The number of methoxy groups -OCH3 is 2. The molecule has 11 nitrogen and oxygen atoms in total. The number of carbonyl (C=O) groups is 1. The smallest absolute Gasteiger partial charge is 0.256 e. The van der Waals surface area contributed by atoms with E-state index in [9.17, 15) is 9.90 Å². The third kappa shape index (κ3) is 5.70. The minimum Gasteiger partial charge on any atom is -0.497 e. The molecule has 12 heteroatoms. The molecule has 51 heavy (non-hydrogen) atoms. The van der Waals surface area contributed by atoms with Crippen LogP contribution < -0.4 is 14.8 Å². The number of aliphatic hydroxyl groups excluding tert-OH is 1. The lowest BCUT2D eigenvalue weighted by Gasteiger charge is -2.39. The fraction of sp³-hybridized carbons (Fsp3) is 0.231. The molecule has 0 radical (unpaired) electrons. The number of benzene rings is 4. The number of thioether (sulfide) groups is 1. The van der Waals surface area contributed by atoms with Crippen LogP contribution in [0, 0.1) is 0 Å². The first-order valence-electron chi connectivity index (χ1n) is 16.5. The molecule has 0 aliphatic carbocycles. The van der Waals surface area contributed by atoms with Crippen molar-refractivity contribution in [3.05, 3.63) is 144 Å². The molecule has 2 bridgehead atoms. The van der Waals surface area contributed by atoms with Crippen LogP contribution in [-0.2, 0) is 14.2 Å². The van der Waals surface area contributed by atoms with Gasteiger partial charge in [0.25, 0.3) is 5.91 Å². The van der Waals surface area contributed by atoms with E-state index in [2.05, 4.69) is 56.7 Å². The molecule has 8 rings (SSSR count). The number of carbonyl (C=O) groups excluding carboxylic acids is 1. The molecule has 2 fully saturated rings. The minimum atomic E-state index is -1.05. The molecule has 0 spiro atoms.